The number of benzene rings is 1. The van der Waals surface area contributed by atoms with Crippen molar-refractivity contribution in [3.63, 3.8) is 0 Å². The molecule has 1 unspecified atom stereocenters. The lowest BCUT2D eigenvalue weighted by Gasteiger charge is -2.29. The molecule has 2 rings (SSSR count). The van der Waals surface area contributed by atoms with Gasteiger partial charge in [-0.15, -0.1) is 0 Å². The van der Waals surface area contributed by atoms with Crippen LogP contribution in [0, 0.1) is 0 Å². The first-order chi connectivity index (χ1) is 9.46. The Balaban J connectivity index is 2.26. The highest BCUT2D eigenvalue weighted by atomic mass is 16.3. The Labute approximate surface area is 118 Å². The van der Waals surface area contributed by atoms with Gasteiger partial charge in [0, 0.05) is 13.2 Å². The van der Waals surface area contributed by atoms with Crippen LogP contribution in [0.15, 0.2) is 42.6 Å². The fourth-order valence-electron chi connectivity index (χ4n) is 2.14. The van der Waals surface area contributed by atoms with E-state index < -0.39 is 5.54 Å². The first kappa shape index (κ1) is 14.1. The van der Waals surface area contributed by atoms with Crippen LogP contribution in [0.2, 0.25) is 0 Å². The van der Waals surface area contributed by atoms with Gasteiger partial charge in [0.25, 0.3) is 5.91 Å². The summed E-state index contributed by atoms with van der Waals surface area (Å²) < 4.78 is 1.66. The van der Waals surface area contributed by atoms with Crippen LogP contribution in [0.3, 0.4) is 0 Å². The second-order valence-electron chi connectivity index (χ2n) is 5.08. The summed E-state index contributed by atoms with van der Waals surface area (Å²) in [7, 11) is 1.75. The lowest BCUT2D eigenvalue weighted by molar-refractivity contribution is 0.0841. The fraction of sp³-hybridized carbons (Fsp3) is 0.267. The first-order valence-corrected chi connectivity index (χ1v) is 6.37. The molecule has 5 nitrogen and oxygen atoms in total. The molecule has 0 saturated carbocycles. The number of hydrogen-bond donors (Lipinski definition) is 3. The molecular formula is C15H19N3O2. The third-order valence-corrected chi connectivity index (χ3v) is 3.38. The van der Waals surface area contributed by atoms with E-state index in [1.54, 1.807) is 30.8 Å². The SMILES string of the molecule is Cn1cc(N)cc1C(=O)NC(C)(CO)c1ccccc1. The molecule has 2 aromatic rings. The van der Waals surface area contributed by atoms with Crippen molar-refractivity contribution in [1.82, 2.24) is 9.88 Å². The maximum Gasteiger partial charge on any atom is 0.268 e. The smallest absolute Gasteiger partial charge is 0.268 e. The molecule has 1 aromatic carbocycles. The van der Waals surface area contributed by atoms with Gasteiger partial charge in [0.1, 0.15) is 5.69 Å². The number of aromatic nitrogens is 1. The highest BCUT2D eigenvalue weighted by Gasteiger charge is 2.28. The molecule has 0 aliphatic heterocycles. The lowest BCUT2D eigenvalue weighted by atomic mass is 9.93. The maximum absolute atomic E-state index is 12.3. The van der Waals surface area contributed by atoms with Crippen LogP contribution >= 0.6 is 0 Å². The van der Waals surface area contributed by atoms with Gasteiger partial charge in [-0.2, -0.15) is 0 Å². The van der Waals surface area contributed by atoms with Gasteiger partial charge >= 0.3 is 0 Å². The van der Waals surface area contributed by atoms with Crippen molar-refractivity contribution in [3.8, 4) is 0 Å². The van der Waals surface area contributed by atoms with E-state index in [1.165, 1.54) is 0 Å². The molecule has 0 aliphatic rings. The number of rotatable bonds is 4. The summed E-state index contributed by atoms with van der Waals surface area (Å²) in [6, 6.07) is 11.0. The number of nitrogens with zero attached hydrogens (tertiary/aromatic N) is 1. The van der Waals surface area contributed by atoms with Gasteiger partial charge in [-0.25, -0.2) is 0 Å². The molecule has 0 aliphatic carbocycles. The third-order valence-electron chi connectivity index (χ3n) is 3.38. The van der Waals surface area contributed by atoms with Crippen LogP contribution in [-0.2, 0) is 12.6 Å². The van der Waals surface area contributed by atoms with Gasteiger partial charge in [-0.3, -0.25) is 4.79 Å². The summed E-state index contributed by atoms with van der Waals surface area (Å²) in [6.45, 7) is 1.59. The zero-order valence-electron chi connectivity index (χ0n) is 11.6. The normalized spacial score (nSPS) is 13.8. The van der Waals surface area contributed by atoms with Gasteiger partial charge in [0.05, 0.1) is 17.8 Å². The van der Waals surface area contributed by atoms with E-state index in [2.05, 4.69) is 5.32 Å². The number of nitrogen functional groups attached to an aromatic ring is 1. The van der Waals surface area contributed by atoms with Crippen LogP contribution in [0.25, 0.3) is 0 Å². The number of amides is 1. The number of carbonyl (C=O) groups excluding carboxylic acids is 1. The summed E-state index contributed by atoms with van der Waals surface area (Å²) in [5.41, 5.74) is 6.67. The minimum absolute atomic E-state index is 0.192. The molecule has 0 fully saturated rings. The zero-order valence-corrected chi connectivity index (χ0v) is 11.6. The monoisotopic (exact) mass is 273 g/mol. The average Bonchev–Trinajstić information content (AvgIpc) is 2.78. The molecule has 20 heavy (non-hydrogen) atoms. The molecule has 0 spiro atoms. The Bertz CT molecular complexity index is 607. The van der Waals surface area contributed by atoms with E-state index in [0.717, 1.165) is 5.56 Å². The Kier molecular flexibility index (Phi) is 3.81. The molecule has 0 bridgehead atoms. The van der Waals surface area contributed by atoms with Crippen LogP contribution in [0.1, 0.15) is 23.0 Å². The molecule has 5 heteroatoms. The molecule has 1 amide bonds. The predicted molar refractivity (Wildman–Crippen MR) is 78.2 cm³/mol. The topological polar surface area (TPSA) is 80.3 Å². The quantitative estimate of drug-likeness (QED) is 0.784. The molecule has 1 heterocycles. The molecule has 4 N–H and O–H groups in total. The van der Waals surface area contributed by atoms with Crippen LogP contribution < -0.4 is 11.1 Å². The number of aliphatic hydroxyl groups excluding tert-OH is 1. The van der Waals surface area contributed by atoms with E-state index >= 15 is 0 Å². The minimum Gasteiger partial charge on any atom is -0.397 e. The van der Waals surface area contributed by atoms with E-state index in [4.69, 9.17) is 5.73 Å². The van der Waals surface area contributed by atoms with Gasteiger partial charge in [0.2, 0.25) is 0 Å². The van der Waals surface area contributed by atoms with Crippen molar-refractivity contribution in [2.24, 2.45) is 7.05 Å². The van der Waals surface area contributed by atoms with Crippen molar-refractivity contribution >= 4 is 11.6 Å². The standard InChI is InChI=1S/C15H19N3O2/c1-15(10-19,11-6-4-3-5-7-11)17-14(20)13-8-12(16)9-18(13)2/h3-9,19H,10,16H2,1-2H3,(H,17,20). The number of carbonyl (C=O) groups is 1. The zero-order chi connectivity index (χ0) is 14.8. The lowest BCUT2D eigenvalue weighted by Crippen LogP contribution is -2.46. The molecule has 0 radical (unpaired) electrons. The van der Waals surface area contributed by atoms with Crippen molar-refractivity contribution in [2.45, 2.75) is 12.5 Å². The number of aryl methyl sites for hydroxylation is 1. The van der Waals surface area contributed by atoms with Crippen molar-refractivity contribution < 1.29 is 9.90 Å². The molecule has 0 saturated heterocycles. The average molecular weight is 273 g/mol. The van der Waals surface area contributed by atoms with Crippen molar-refractivity contribution in [2.75, 3.05) is 12.3 Å². The van der Waals surface area contributed by atoms with Gasteiger partial charge in [-0.1, -0.05) is 30.3 Å². The Morgan fingerprint density at radius 2 is 2.05 bits per heavy atom. The number of aliphatic hydroxyl groups is 1. The van der Waals surface area contributed by atoms with Crippen LogP contribution in [-0.4, -0.2) is 22.2 Å². The summed E-state index contributed by atoms with van der Waals surface area (Å²) in [5.74, 6) is -0.274. The summed E-state index contributed by atoms with van der Waals surface area (Å²) in [6.07, 6.45) is 1.67. The molecule has 1 aromatic heterocycles. The van der Waals surface area contributed by atoms with Crippen LogP contribution in [0.5, 0.6) is 0 Å². The number of nitrogens with one attached hydrogen (secondary N) is 1. The highest BCUT2D eigenvalue weighted by Crippen LogP contribution is 2.21. The van der Waals surface area contributed by atoms with E-state index in [0.29, 0.717) is 11.4 Å². The van der Waals surface area contributed by atoms with E-state index in [1.807, 2.05) is 30.3 Å². The Morgan fingerprint density at radius 1 is 1.40 bits per heavy atom. The highest BCUT2D eigenvalue weighted by molar-refractivity contribution is 5.94. The van der Waals surface area contributed by atoms with E-state index in [9.17, 15) is 9.90 Å². The molecule has 106 valence electrons. The van der Waals surface area contributed by atoms with Gasteiger partial charge in [0.15, 0.2) is 0 Å². The number of hydrogen-bond acceptors (Lipinski definition) is 3. The minimum atomic E-state index is -0.836. The fourth-order valence-corrected chi connectivity index (χ4v) is 2.14. The number of nitrogens with two attached hydrogens (primary N) is 1. The van der Waals surface area contributed by atoms with Gasteiger partial charge in [-0.05, 0) is 18.6 Å². The summed E-state index contributed by atoms with van der Waals surface area (Å²) in [4.78, 5) is 12.3. The number of anilines is 1. The van der Waals surface area contributed by atoms with Crippen molar-refractivity contribution in [3.05, 3.63) is 53.9 Å². The third kappa shape index (κ3) is 2.67. The van der Waals surface area contributed by atoms with Crippen molar-refractivity contribution in [1.29, 1.82) is 0 Å². The second-order valence-corrected chi connectivity index (χ2v) is 5.08. The van der Waals surface area contributed by atoms with Gasteiger partial charge < -0.3 is 20.7 Å². The second kappa shape index (κ2) is 5.38. The molecular weight excluding hydrogens is 254 g/mol. The van der Waals surface area contributed by atoms with Crippen LogP contribution in [0.4, 0.5) is 5.69 Å². The Morgan fingerprint density at radius 3 is 2.55 bits per heavy atom. The molecule has 1 atom stereocenters. The largest absolute Gasteiger partial charge is 0.397 e. The van der Waals surface area contributed by atoms with E-state index in [-0.39, 0.29) is 12.5 Å². The summed E-state index contributed by atoms with van der Waals surface area (Å²) in [5, 5.41) is 12.5. The first-order valence-electron chi connectivity index (χ1n) is 6.37. The Hall–Kier alpha value is -2.27. The maximum atomic E-state index is 12.3. The summed E-state index contributed by atoms with van der Waals surface area (Å²) >= 11 is 0. The predicted octanol–water partition coefficient (Wildman–Crippen LogP) is 1.24.